The van der Waals surface area contributed by atoms with Crippen molar-refractivity contribution in [2.45, 2.75) is 18.7 Å². The average Bonchev–Trinajstić information content (AvgIpc) is 2.65. The summed E-state index contributed by atoms with van der Waals surface area (Å²) in [5.41, 5.74) is 3.03. The van der Waals surface area contributed by atoms with E-state index in [0.717, 1.165) is 24.1 Å². The molecule has 0 atom stereocenters. The lowest BCUT2D eigenvalue weighted by molar-refractivity contribution is 0.587. The van der Waals surface area contributed by atoms with Crippen molar-refractivity contribution >= 4 is 16.0 Å². The average molecular weight is 375 g/mol. The third kappa shape index (κ3) is 6.85. The first-order valence-electron chi connectivity index (χ1n) is 8.50. The van der Waals surface area contributed by atoms with E-state index in [2.05, 4.69) is 32.5 Å². The van der Waals surface area contributed by atoms with Gasteiger partial charge in [0.2, 0.25) is 10.0 Å². The molecule has 0 saturated carbocycles. The Balaban J connectivity index is 1.84. The molecular weight excluding hydrogens is 348 g/mol. The van der Waals surface area contributed by atoms with Crippen LogP contribution in [-0.2, 0) is 28.7 Å². The van der Waals surface area contributed by atoms with Crippen molar-refractivity contribution in [3.05, 3.63) is 71.3 Å². The molecule has 0 aromatic heterocycles. The zero-order valence-electron chi connectivity index (χ0n) is 15.2. The van der Waals surface area contributed by atoms with Crippen molar-refractivity contribution in [1.29, 1.82) is 0 Å². The van der Waals surface area contributed by atoms with Gasteiger partial charge in [0, 0.05) is 20.1 Å². The fourth-order valence-corrected chi connectivity index (χ4v) is 3.26. The van der Waals surface area contributed by atoms with Gasteiger partial charge in [0.15, 0.2) is 5.96 Å². The van der Waals surface area contributed by atoms with Crippen molar-refractivity contribution in [3.63, 3.8) is 0 Å². The smallest absolute Gasteiger partial charge is 0.215 e. The molecule has 6 nitrogen and oxygen atoms in total. The monoisotopic (exact) mass is 374 g/mol. The van der Waals surface area contributed by atoms with E-state index in [-0.39, 0.29) is 5.75 Å². The summed E-state index contributed by atoms with van der Waals surface area (Å²) in [4.78, 5) is 4.22. The predicted octanol–water partition coefficient (Wildman–Crippen LogP) is 1.64. The third-order valence-corrected chi connectivity index (χ3v) is 5.23. The molecular formula is C19H26N4O2S. The highest BCUT2D eigenvalue weighted by atomic mass is 32.2. The Hall–Kier alpha value is -2.38. The topological polar surface area (TPSA) is 82.6 Å². The van der Waals surface area contributed by atoms with Crippen molar-refractivity contribution < 1.29 is 8.42 Å². The van der Waals surface area contributed by atoms with E-state index in [1.165, 1.54) is 12.6 Å². The molecule has 26 heavy (non-hydrogen) atoms. The molecule has 0 bridgehead atoms. The number of benzene rings is 2. The minimum Gasteiger partial charge on any atom is -0.356 e. The molecule has 0 saturated heterocycles. The minimum absolute atomic E-state index is 0.0264. The Morgan fingerprint density at radius 3 is 2.35 bits per heavy atom. The van der Waals surface area contributed by atoms with E-state index in [1.54, 1.807) is 7.05 Å². The zero-order valence-corrected chi connectivity index (χ0v) is 16.0. The fourth-order valence-electron chi connectivity index (χ4n) is 2.50. The lowest BCUT2D eigenvalue weighted by Gasteiger charge is -2.12. The van der Waals surface area contributed by atoms with Crippen LogP contribution in [0, 0.1) is 0 Å². The molecule has 0 aliphatic carbocycles. The highest BCUT2D eigenvalue weighted by Gasteiger charge is 2.09. The van der Waals surface area contributed by atoms with Crippen molar-refractivity contribution in [3.8, 4) is 0 Å². The Morgan fingerprint density at radius 1 is 0.962 bits per heavy atom. The minimum atomic E-state index is -3.27. The highest BCUT2D eigenvalue weighted by Crippen LogP contribution is 2.08. The lowest BCUT2D eigenvalue weighted by Crippen LogP contribution is -2.37. The molecule has 0 fully saturated rings. The van der Waals surface area contributed by atoms with Crippen LogP contribution in [0.5, 0.6) is 0 Å². The summed E-state index contributed by atoms with van der Waals surface area (Å²) in [6.07, 6.45) is 0.916. The highest BCUT2D eigenvalue weighted by molar-refractivity contribution is 7.88. The molecule has 0 aliphatic rings. The maximum Gasteiger partial charge on any atom is 0.215 e. The van der Waals surface area contributed by atoms with Crippen molar-refractivity contribution in [1.82, 2.24) is 15.4 Å². The number of hydrogen-bond donors (Lipinski definition) is 3. The van der Waals surface area contributed by atoms with Crippen LogP contribution in [0.2, 0.25) is 0 Å². The first-order chi connectivity index (χ1) is 12.5. The van der Waals surface area contributed by atoms with Gasteiger partial charge in [-0.25, -0.2) is 13.1 Å². The van der Waals surface area contributed by atoms with Crippen LogP contribution in [0.4, 0.5) is 0 Å². The maximum absolute atomic E-state index is 11.7. The van der Waals surface area contributed by atoms with E-state index in [1.807, 2.05) is 42.5 Å². The maximum atomic E-state index is 11.7. The number of nitrogens with one attached hydrogen (secondary N) is 3. The van der Waals surface area contributed by atoms with E-state index in [9.17, 15) is 8.42 Å². The van der Waals surface area contributed by atoms with Crippen LogP contribution < -0.4 is 15.4 Å². The van der Waals surface area contributed by atoms with Crippen LogP contribution in [0.25, 0.3) is 0 Å². The van der Waals surface area contributed by atoms with Gasteiger partial charge >= 0.3 is 0 Å². The van der Waals surface area contributed by atoms with E-state index in [0.29, 0.717) is 12.5 Å². The molecule has 0 spiro atoms. The number of rotatable bonds is 8. The van der Waals surface area contributed by atoms with Gasteiger partial charge in [0.1, 0.15) is 0 Å². The van der Waals surface area contributed by atoms with Crippen LogP contribution in [0.15, 0.2) is 59.6 Å². The summed E-state index contributed by atoms with van der Waals surface area (Å²) in [7, 11) is -0.118. The number of nitrogens with zero attached hydrogens (tertiary/aromatic N) is 1. The molecule has 0 radical (unpaired) electrons. The largest absolute Gasteiger partial charge is 0.356 e. The SMILES string of the molecule is CN=C(NCCc1ccccc1)NCc1cccc(CS(=O)(=O)NC)c1. The summed E-state index contributed by atoms with van der Waals surface area (Å²) in [5, 5.41) is 6.53. The molecule has 7 heteroatoms. The molecule has 140 valence electrons. The van der Waals surface area contributed by atoms with Crippen molar-refractivity contribution in [2.75, 3.05) is 20.6 Å². The second kappa shape index (κ2) is 9.94. The number of aliphatic imine (C=N–C) groups is 1. The Bertz CT molecular complexity index is 820. The third-order valence-electron chi connectivity index (χ3n) is 3.89. The van der Waals surface area contributed by atoms with Crippen molar-refractivity contribution in [2.24, 2.45) is 4.99 Å². The Morgan fingerprint density at radius 2 is 1.65 bits per heavy atom. The molecule has 3 N–H and O–H groups in total. The normalized spacial score (nSPS) is 12.0. The molecule has 0 aliphatic heterocycles. The van der Waals surface area contributed by atoms with E-state index >= 15 is 0 Å². The first-order valence-corrected chi connectivity index (χ1v) is 10.1. The number of hydrogen-bond acceptors (Lipinski definition) is 3. The van der Waals surface area contributed by atoms with E-state index < -0.39 is 10.0 Å². The quantitative estimate of drug-likeness (QED) is 0.485. The fraction of sp³-hybridized carbons (Fsp3) is 0.316. The van der Waals surface area contributed by atoms with Crippen LogP contribution in [-0.4, -0.2) is 35.0 Å². The van der Waals surface area contributed by atoms with Gasteiger partial charge < -0.3 is 10.6 Å². The van der Waals surface area contributed by atoms with Crippen LogP contribution in [0.3, 0.4) is 0 Å². The molecule has 2 aromatic rings. The summed E-state index contributed by atoms with van der Waals surface area (Å²) in [6, 6.07) is 17.8. The molecule has 2 rings (SSSR count). The standard InChI is InChI=1S/C19H26N4O2S/c1-20-19(22-12-11-16-7-4-3-5-8-16)23-14-17-9-6-10-18(13-17)15-26(24,25)21-2/h3-10,13,21H,11-12,14-15H2,1-2H3,(H2,20,22,23). The Kier molecular flexibility index (Phi) is 7.62. The van der Waals surface area contributed by atoms with E-state index in [4.69, 9.17) is 0 Å². The summed E-state index contributed by atoms with van der Waals surface area (Å²) in [6.45, 7) is 1.35. The zero-order chi connectivity index (χ0) is 18.8. The van der Waals surface area contributed by atoms with Gasteiger partial charge in [0.25, 0.3) is 0 Å². The van der Waals surface area contributed by atoms with Gasteiger partial charge in [-0.3, -0.25) is 4.99 Å². The lowest BCUT2D eigenvalue weighted by atomic mass is 10.1. The van der Waals surface area contributed by atoms with Gasteiger partial charge in [-0.1, -0.05) is 54.6 Å². The first kappa shape index (κ1) is 19.9. The Labute approximate surface area is 155 Å². The number of guanidine groups is 1. The predicted molar refractivity (Wildman–Crippen MR) is 106 cm³/mol. The van der Waals surface area contributed by atoms with Crippen LogP contribution >= 0.6 is 0 Å². The second-order valence-electron chi connectivity index (χ2n) is 5.87. The van der Waals surface area contributed by atoms with Gasteiger partial charge in [-0.05, 0) is 30.2 Å². The second-order valence-corrected chi connectivity index (χ2v) is 7.80. The molecule has 2 aromatic carbocycles. The number of sulfonamides is 1. The summed E-state index contributed by atoms with van der Waals surface area (Å²) >= 11 is 0. The van der Waals surface area contributed by atoms with Gasteiger partial charge in [-0.2, -0.15) is 0 Å². The van der Waals surface area contributed by atoms with Gasteiger partial charge in [0.05, 0.1) is 5.75 Å². The summed E-state index contributed by atoms with van der Waals surface area (Å²) < 4.78 is 25.7. The van der Waals surface area contributed by atoms with Gasteiger partial charge in [-0.15, -0.1) is 0 Å². The van der Waals surface area contributed by atoms with Crippen LogP contribution in [0.1, 0.15) is 16.7 Å². The molecule has 0 amide bonds. The molecule has 0 unspecified atom stereocenters. The summed E-state index contributed by atoms with van der Waals surface area (Å²) in [5.74, 6) is 0.690. The molecule has 0 heterocycles.